The van der Waals surface area contributed by atoms with Crippen molar-refractivity contribution in [3.05, 3.63) is 52.2 Å². The van der Waals surface area contributed by atoms with Gasteiger partial charge in [-0.15, -0.1) is 10.2 Å². The average Bonchev–Trinajstić information content (AvgIpc) is 3.33. The summed E-state index contributed by atoms with van der Waals surface area (Å²) in [6.45, 7) is 4.60. The molecule has 1 aromatic carbocycles. The highest BCUT2D eigenvalue weighted by Gasteiger charge is 2.21. The van der Waals surface area contributed by atoms with Crippen molar-refractivity contribution >= 4 is 40.9 Å². The topological polar surface area (TPSA) is 64.2 Å². The number of rotatable bonds is 7. The molecular weight excluding hydrogens is 419 g/mol. The number of amides is 1. The van der Waals surface area contributed by atoms with Crippen LogP contribution >= 0.6 is 35.0 Å². The normalized spacial score (nSPS) is 12.2. The maximum Gasteiger partial charge on any atom is 0.233 e. The van der Waals surface area contributed by atoms with Crippen molar-refractivity contribution < 1.29 is 9.21 Å². The van der Waals surface area contributed by atoms with E-state index in [1.165, 1.54) is 11.8 Å². The Morgan fingerprint density at radius 2 is 2.11 bits per heavy atom. The molecule has 1 unspecified atom stereocenters. The molecule has 1 atom stereocenters. The zero-order chi connectivity index (χ0) is 20.3. The molecule has 0 aliphatic rings. The van der Waals surface area contributed by atoms with Crippen molar-refractivity contribution in [3.8, 4) is 11.6 Å². The van der Waals surface area contributed by atoms with E-state index >= 15 is 0 Å². The number of hydrogen-bond acceptors (Lipinski definition) is 5. The number of hydrogen-bond donors (Lipinski definition) is 0. The molecule has 0 aliphatic heterocycles. The first kappa shape index (κ1) is 20.8. The lowest BCUT2D eigenvalue weighted by Gasteiger charge is -2.26. The SMILES string of the molecule is CCn1c(SCC(=O)N(C)C(C)c2ccc(Cl)cc2Cl)nnc1-c1ccco1. The molecule has 0 fully saturated rings. The van der Waals surface area contributed by atoms with Gasteiger partial charge in [-0.25, -0.2) is 0 Å². The molecule has 2 heterocycles. The van der Waals surface area contributed by atoms with E-state index in [-0.39, 0.29) is 17.7 Å². The molecule has 2 aromatic heterocycles. The third-order valence-corrected chi connectivity index (χ3v) is 6.00. The van der Waals surface area contributed by atoms with Gasteiger partial charge in [0.05, 0.1) is 18.1 Å². The van der Waals surface area contributed by atoms with Crippen LogP contribution < -0.4 is 0 Å². The van der Waals surface area contributed by atoms with Gasteiger partial charge in [-0.05, 0) is 43.7 Å². The lowest BCUT2D eigenvalue weighted by atomic mass is 10.1. The highest BCUT2D eigenvalue weighted by atomic mass is 35.5. The van der Waals surface area contributed by atoms with Crippen LogP contribution in [0.2, 0.25) is 10.0 Å². The first-order valence-electron chi connectivity index (χ1n) is 8.72. The molecule has 3 rings (SSSR count). The van der Waals surface area contributed by atoms with Crippen LogP contribution in [-0.2, 0) is 11.3 Å². The molecule has 0 aliphatic carbocycles. The summed E-state index contributed by atoms with van der Waals surface area (Å²) in [6, 6.07) is 8.75. The van der Waals surface area contributed by atoms with Crippen molar-refractivity contribution in [1.29, 1.82) is 0 Å². The summed E-state index contributed by atoms with van der Waals surface area (Å²) in [5, 5.41) is 10.2. The highest BCUT2D eigenvalue weighted by Crippen LogP contribution is 2.30. The quantitative estimate of drug-likeness (QED) is 0.475. The van der Waals surface area contributed by atoms with Crippen LogP contribution in [0.3, 0.4) is 0 Å². The fourth-order valence-corrected chi connectivity index (χ4v) is 4.25. The Kier molecular flexibility index (Phi) is 6.69. The number of benzene rings is 1. The molecule has 0 bridgehead atoms. The van der Waals surface area contributed by atoms with Gasteiger partial charge >= 0.3 is 0 Å². The van der Waals surface area contributed by atoms with Gasteiger partial charge < -0.3 is 9.32 Å². The highest BCUT2D eigenvalue weighted by molar-refractivity contribution is 7.99. The predicted octanol–water partition coefficient (Wildman–Crippen LogP) is 5.18. The number of thioether (sulfide) groups is 1. The number of furan rings is 1. The summed E-state index contributed by atoms with van der Waals surface area (Å²) < 4.78 is 7.34. The summed E-state index contributed by atoms with van der Waals surface area (Å²) in [4.78, 5) is 14.4. The van der Waals surface area contributed by atoms with Gasteiger partial charge in [-0.3, -0.25) is 9.36 Å². The Hall–Kier alpha value is -1.96. The predicted molar refractivity (Wildman–Crippen MR) is 112 cm³/mol. The summed E-state index contributed by atoms with van der Waals surface area (Å²) in [7, 11) is 1.76. The van der Waals surface area contributed by atoms with E-state index < -0.39 is 0 Å². The molecule has 28 heavy (non-hydrogen) atoms. The second-order valence-corrected chi connectivity index (χ2v) is 7.95. The van der Waals surface area contributed by atoms with E-state index in [2.05, 4.69) is 10.2 Å². The second-order valence-electron chi connectivity index (χ2n) is 6.16. The summed E-state index contributed by atoms with van der Waals surface area (Å²) in [5.74, 6) is 1.50. The number of carbonyl (C=O) groups excluding carboxylic acids is 1. The largest absolute Gasteiger partial charge is 0.461 e. The van der Waals surface area contributed by atoms with E-state index in [1.807, 2.05) is 30.5 Å². The van der Waals surface area contributed by atoms with E-state index in [0.717, 1.165) is 5.56 Å². The summed E-state index contributed by atoms with van der Waals surface area (Å²) >= 11 is 13.6. The maximum absolute atomic E-state index is 12.7. The third-order valence-electron chi connectivity index (χ3n) is 4.49. The van der Waals surface area contributed by atoms with E-state index in [1.54, 1.807) is 36.4 Å². The van der Waals surface area contributed by atoms with Gasteiger partial charge in [0.1, 0.15) is 0 Å². The lowest BCUT2D eigenvalue weighted by molar-refractivity contribution is -0.128. The van der Waals surface area contributed by atoms with E-state index in [4.69, 9.17) is 27.6 Å². The van der Waals surface area contributed by atoms with Crippen LogP contribution in [0.4, 0.5) is 0 Å². The molecule has 0 saturated carbocycles. The number of aromatic nitrogens is 3. The molecule has 1 amide bonds. The van der Waals surface area contributed by atoms with Gasteiger partial charge in [0, 0.05) is 23.6 Å². The van der Waals surface area contributed by atoms with Crippen molar-refractivity contribution in [2.45, 2.75) is 31.6 Å². The average molecular weight is 439 g/mol. The van der Waals surface area contributed by atoms with Crippen molar-refractivity contribution in [3.63, 3.8) is 0 Å². The molecule has 148 valence electrons. The van der Waals surface area contributed by atoms with E-state index in [9.17, 15) is 4.79 Å². The fourth-order valence-electron chi connectivity index (χ4n) is 2.76. The van der Waals surface area contributed by atoms with Crippen molar-refractivity contribution in [1.82, 2.24) is 19.7 Å². The Morgan fingerprint density at radius 1 is 1.32 bits per heavy atom. The number of nitrogens with zero attached hydrogens (tertiary/aromatic N) is 4. The standard InChI is InChI=1S/C19H20Cl2N4O2S/c1-4-25-18(16-6-5-9-27-16)22-23-19(25)28-11-17(26)24(3)12(2)14-8-7-13(20)10-15(14)21/h5-10,12H,4,11H2,1-3H3. The molecular formula is C19H20Cl2N4O2S. The third kappa shape index (κ3) is 4.37. The Balaban J connectivity index is 1.68. The van der Waals surface area contributed by atoms with Crippen molar-refractivity contribution in [2.24, 2.45) is 0 Å². The zero-order valence-electron chi connectivity index (χ0n) is 15.7. The van der Waals surface area contributed by atoms with Crippen molar-refractivity contribution in [2.75, 3.05) is 12.8 Å². The van der Waals surface area contributed by atoms with Crippen LogP contribution in [0.25, 0.3) is 11.6 Å². The fraction of sp³-hybridized carbons (Fsp3) is 0.316. The van der Waals surface area contributed by atoms with Crippen LogP contribution in [0.15, 0.2) is 46.2 Å². The minimum atomic E-state index is -0.180. The monoisotopic (exact) mass is 438 g/mol. The summed E-state index contributed by atoms with van der Waals surface area (Å²) in [6.07, 6.45) is 1.60. The Labute approximate surface area is 177 Å². The Morgan fingerprint density at radius 3 is 2.75 bits per heavy atom. The maximum atomic E-state index is 12.7. The number of halogens is 2. The minimum Gasteiger partial charge on any atom is -0.461 e. The van der Waals surface area contributed by atoms with Gasteiger partial charge in [0.15, 0.2) is 16.7 Å². The molecule has 0 radical (unpaired) electrons. The molecule has 6 nitrogen and oxygen atoms in total. The molecule has 0 saturated heterocycles. The zero-order valence-corrected chi connectivity index (χ0v) is 18.1. The van der Waals surface area contributed by atoms with Gasteiger partial charge in [-0.1, -0.05) is 41.0 Å². The first-order chi connectivity index (χ1) is 13.4. The van der Waals surface area contributed by atoms with Crippen LogP contribution in [0, 0.1) is 0 Å². The second kappa shape index (κ2) is 9.03. The molecule has 0 N–H and O–H groups in total. The molecule has 9 heteroatoms. The van der Waals surface area contributed by atoms with Crippen LogP contribution in [0.5, 0.6) is 0 Å². The van der Waals surface area contributed by atoms with Crippen LogP contribution in [-0.4, -0.2) is 38.4 Å². The minimum absolute atomic E-state index is 0.0336. The first-order valence-corrected chi connectivity index (χ1v) is 10.5. The molecule has 3 aromatic rings. The van der Waals surface area contributed by atoms with Gasteiger partial charge in [-0.2, -0.15) is 0 Å². The smallest absolute Gasteiger partial charge is 0.233 e. The Bertz CT molecular complexity index is 959. The molecule has 0 spiro atoms. The van der Waals surface area contributed by atoms with Crippen LogP contribution in [0.1, 0.15) is 25.5 Å². The lowest BCUT2D eigenvalue weighted by Crippen LogP contribution is -2.31. The van der Waals surface area contributed by atoms with Gasteiger partial charge in [0.25, 0.3) is 0 Å². The van der Waals surface area contributed by atoms with E-state index in [0.29, 0.717) is 33.3 Å². The number of carbonyl (C=O) groups is 1. The van der Waals surface area contributed by atoms with Gasteiger partial charge in [0.2, 0.25) is 5.91 Å². The summed E-state index contributed by atoms with van der Waals surface area (Å²) in [5.41, 5.74) is 0.851.